The van der Waals surface area contributed by atoms with Gasteiger partial charge in [-0.1, -0.05) is 41.7 Å². The summed E-state index contributed by atoms with van der Waals surface area (Å²) in [6.07, 6.45) is 1.66. The van der Waals surface area contributed by atoms with Crippen molar-refractivity contribution in [2.45, 2.75) is 25.4 Å². The highest BCUT2D eigenvalue weighted by molar-refractivity contribution is 7.15. The quantitative estimate of drug-likeness (QED) is 0.941. The minimum absolute atomic E-state index is 0.202. The van der Waals surface area contributed by atoms with E-state index >= 15 is 0 Å². The van der Waals surface area contributed by atoms with Crippen molar-refractivity contribution in [2.75, 3.05) is 18.8 Å². The average Bonchev–Trinajstić information content (AvgIpc) is 3.00. The van der Waals surface area contributed by atoms with Gasteiger partial charge in [-0.05, 0) is 18.4 Å². The van der Waals surface area contributed by atoms with Crippen molar-refractivity contribution < 1.29 is 9.53 Å². The van der Waals surface area contributed by atoms with E-state index in [-0.39, 0.29) is 12.0 Å². The Hall–Kier alpha value is -2.15. The van der Waals surface area contributed by atoms with Gasteiger partial charge in [-0.15, -0.1) is 10.2 Å². The Morgan fingerprint density at radius 1 is 1.36 bits per heavy atom. The SMILES string of the molecule is Nc1nnc([C@H]2CCCN(C(=O)OCc3ccccc3)C2)s1. The lowest BCUT2D eigenvalue weighted by Crippen LogP contribution is -2.39. The van der Waals surface area contributed by atoms with Gasteiger partial charge in [0.15, 0.2) is 0 Å². The van der Waals surface area contributed by atoms with Crippen LogP contribution in [-0.4, -0.2) is 34.3 Å². The summed E-state index contributed by atoms with van der Waals surface area (Å²) in [7, 11) is 0. The molecule has 1 saturated heterocycles. The van der Waals surface area contributed by atoms with Crippen LogP contribution in [-0.2, 0) is 11.3 Å². The van der Waals surface area contributed by atoms with Gasteiger partial charge in [-0.25, -0.2) is 4.79 Å². The lowest BCUT2D eigenvalue weighted by atomic mass is 9.99. The van der Waals surface area contributed by atoms with Crippen molar-refractivity contribution in [3.05, 3.63) is 40.9 Å². The molecule has 1 aromatic heterocycles. The van der Waals surface area contributed by atoms with E-state index in [4.69, 9.17) is 10.5 Å². The van der Waals surface area contributed by atoms with Crippen LogP contribution >= 0.6 is 11.3 Å². The minimum atomic E-state index is -0.272. The second-order valence-electron chi connectivity index (χ2n) is 5.30. The molecule has 1 aliphatic rings. The molecule has 0 unspecified atom stereocenters. The standard InChI is InChI=1S/C15H18N4O2S/c16-14-18-17-13(22-14)12-7-4-8-19(9-12)15(20)21-10-11-5-2-1-3-6-11/h1-3,5-6,12H,4,7-10H2,(H2,16,18)/t12-/m0/s1. The molecule has 1 aliphatic heterocycles. The molecule has 2 aromatic rings. The summed E-state index contributed by atoms with van der Waals surface area (Å²) >= 11 is 1.40. The number of nitrogens with two attached hydrogens (primary N) is 1. The van der Waals surface area contributed by atoms with E-state index in [2.05, 4.69) is 10.2 Å². The summed E-state index contributed by atoms with van der Waals surface area (Å²) < 4.78 is 5.39. The summed E-state index contributed by atoms with van der Waals surface area (Å²) in [6.45, 7) is 1.63. The predicted molar refractivity (Wildman–Crippen MR) is 84.5 cm³/mol. The number of likely N-dealkylation sites (tertiary alicyclic amines) is 1. The zero-order chi connectivity index (χ0) is 15.4. The summed E-state index contributed by atoms with van der Waals surface area (Å²) in [5.74, 6) is 0.202. The molecule has 1 fully saturated rings. The first-order valence-electron chi connectivity index (χ1n) is 7.27. The number of benzene rings is 1. The summed E-state index contributed by atoms with van der Waals surface area (Å²) in [5.41, 5.74) is 6.62. The number of carbonyl (C=O) groups is 1. The van der Waals surface area contributed by atoms with Crippen molar-refractivity contribution in [1.29, 1.82) is 0 Å². The molecule has 0 saturated carbocycles. The Labute approximate surface area is 132 Å². The van der Waals surface area contributed by atoms with Crippen LogP contribution in [0, 0.1) is 0 Å². The largest absolute Gasteiger partial charge is 0.445 e. The Kier molecular flexibility index (Phi) is 4.53. The molecule has 1 aromatic carbocycles. The third-order valence-electron chi connectivity index (χ3n) is 3.69. The van der Waals surface area contributed by atoms with Gasteiger partial charge in [-0.3, -0.25) is 0 Å². The molecule has 3 rings (SSSR count). The average molecular weight is 318 g/mol. The molecule has 2 heterocycles. The highest BCUT2D eigenvalue weighted by Crippen LogP contribution is 2.30. The summed E-state index contributed by atoms with van der Waals surface area (Å²) in [4.78, 5) is 13.9. The zero-order valence-electron chi connectivity index (χ0n) is 12.1. The van der Waals surface area contributed by atoms with Gasteiger partial charge in [0.05, 0.1) is 0 Å². The maximum atomic E-state index is 12.2. The van der Waals surface area contributed by atoms with E-state index in [0.717, 1.165) is 30.0 Å². The molecule has 2 N–H and O–H groups in total. The van der Waals surface area contributed by atoms with Crippen LogP contribution in [0.5, 0.6) is 0 Å². The van der Waals surface area contributed by atoms with Gasteiger partial charge in [0.25, 0.3) is 0 Å². The second-order valence-corrected chi connectivity index (χ2v) is 6.34. The van der Waals surface area contributed by atoms with Crippen molar-refractivity contribution in [3.8, 4) is 0 Å². The van der Waals surface area contributed by atoms with Crippen LogP contribution in [0.2, 0.25) is 0 Å². The van der Waals surface area contributed by atoms with Gasteiger partial charge in [-0.2, -0.15) is 0 Å². The van der Waals surface area contributed by atoms with Crippen molar-refractivity contribution in [2.24, 2.45) is 0 Å². The first-order chi connectivity index (χ1) is 10.7. The number of aromatic nitrogens is 2. The lowest BCUT2D eigenvalue weighted by Gasteiger charge is -2.30. The van der Waals surface area contributed by atoms with Crippen LogP contribution in [0.25, 0.3) is 0 Å². The molecular weight excluding hydrogens is 300 g/mol. The van der Waals surface area contributed by atoms with Gasteiger partial charge < -0.3 is 15.4 Å². The zero-order valence-corrected chi connectivity index (χ0v) is 13.0. The molecule has 0 spiro atoms. The summed E-state index contributed by atoms with van der Waals surface area (Å²) in [5, 5.41) is 9.31. The number of piperidine rings is 1. The summed E-state index contributed by atoms with van der Waals surface area (Å²) in [6, 6.07) is 9.68. The number of carbonyl (C=O) groups excluding carboxylic acids is 1. The Bertz CT molecular complexity index is 631. The lowest BCUT2D eigenvalue weighted by molar-refractivity contribution is 0.0858. The molecule has 1 atom stereocenters. The number of hydrogen-bond acceptors (Lipinski definition) is 6. The van der Waals surface area contributed by atoms with Gasteiger partial charge in [0.1, 0.15) is 11.6 Å². The number of ether oxygens (including phenoxy) is 1. The number of amides is 1. The third-order valence-corrected chi connectivity index (χ3v) is 4.61. The van der Waals surface area contributed by atoms with Crippen molar-refractivity contribution in [1.82, 2.24) is 15.1 Å². The van der Waals surface area contributed by atoms with Crippen LogP contribution < -0.4 is 5.73 Å². The predicted octanol–water partition coefficient (Wildman–Crippen LogP) is 2.64. The molecule has 0 bridgehead atoms. The normalized spacial score (nSPS) is 18.2. The van der Waals surface area contributed by atoms with Crippen LogP contribution in [0.15, 0.2) is 30.3 Å². The number of nitrogen functional groups attached to an aromatic ring is 1. The smallest absolute Gasteiger partial charge is 0.410 e. The van der Waals surface area contributed by atoms with Crippen LogP contribution in [0.1, 0.15) is 29.3 Å². The first kappa shape index (κ1) is 14.8. The highest BCUT2D eigenvalue weighted by Gasteiger charge is 2.27. The Morgan fingerprint density at radius 3 is 2.91 bits per heavy atom. The van der Waals surface area contributed by atoms with E-state index < -0.39 is 0 Å². The molecule has 22 heavy (non-hydrogen) atoms. The van der Waals surface area contributed by atoms with Gasteiger partial charge in [0.2, 0.25) is 5.13 Å². The van der Waals surface area contributed by atoms with Crippen molar-refractivity contribution in [3.63, 3.8) is 0 Å². The fourth-order valence-electron chi connectivity index (χ4n) is 2.57. The molecule has 6 nitrogen and oxygen atoms in total. The Balaban J connectivity index is 1.56. The highest BCUT2D eigenvalue weighted by atomic mass is 32.1. The van der Waals surface area contributed by atoms with Crippen LogP contribution in [0.4, 0.5) is 9.93 Å². The fraction of sp³-hybridized carbons (Fsp3) is 0.400. The monoisotopic (exact) mass is 318 g/mol. The van der Waals surface area contributed by atoms with Gasteiger partial charge in [0, 0.05) is 19.0 Å². The van der Waals surface area contributed by atoms with E-state index in [0.29, 0.717) is 18.3 Å². The van der Waals surface area contributed by atoms with Crippen molar-refractivity contribution >= 4 is 22.6 Å². The molecule has 7 heteroatoms. The van der Waals surface area contributed by atoms with Gasteiger partial charge >= 0.3 is 6.09 Å². The molecule has 1 amide bonds. The van der Waals surface area contributed by atoms with E-state index in [1.54, 1.807) is 4.90 Å². The molecule has 0 radical (unpaired) electrons. The maximum Gasteiger partial charge on any atom is 0.410 e. The topological polar surface area (TPSA) is 81.3 Å². The Morgan fingerprint density at radius 2 is 2.18 bits per heavy atom. The molecule has 0 aliphatic carbocycles. The first-order valence-corrected chi connectivity index (χ1v) is 8.08. The second kappa shape index (κ2) is 6.74. The van der Waals surface area contributed by atoms with E-state index in [9.17, 15) is 4.79 Å². The van der Waals surface area contributed by atoms with E-state index in [1.165, 1.54) is 11.3 Å². The fourth-order valence-corrected chi connectivity index (χ4v) is 3.30. The number of hydrogen-bond donors (Lipinski definition) is 1. The molecule has 116 valence electrons. The third kappa shape index (κ3) is 3.54. The van der Waals surface area contributed by atoms with Crippen LogP contribution in [0.3, 0.4) is 0 Å². The van der Waals surface area contributed by atoms with E-state index in [1.807, 2.05) is 30.3 Å². The molecular formula is C15H18N4O2S. The minimum Gasteiger partial charge on any atom is -0.445 e. The number of anilines is 1. The maximum absolute atomic E-state index is 12.2. The number of rotatable bonds is 3. The number of nitrogens with zero attached hydrogens (tertiary/aromatic N) is 3.